The van der Waals surface area contributed by atoms with Crippen LogP contribution in [0.1, 0.15) is 31.7 Å². The molecule has 0 aliphatic heterocycles. The molecule has 1 heterocycles. The lowest BCUT2D eigenvalue weighted by atomic mass is 9.96. The zero-order valence-corrected chi connectivity index (χ0v) is 11.0. The van der Waals surface area contributed by atoms with Gasteiger partial charge in [-0.2, -0.15) is 13.2 Å². The highest BCUT2D eigenvalue weighted by Gasteiger charge is 2.36. The normalized spacial score (nSPS) is 15.6. The molecule has 8 heteroatoms. The van der Waals surface area contributed by atoms with Crippen LogP contribution in [-0.4, -0.2) is 21.6 Å². The van der Waals surface area contributed by atoms with Gasteiger partial charge in [0.1, 0.15) is 0 Å². The molecular formula is C9H13ClF3N3S. The van der Waals surface area contributed by atoms with Crippen LogP contribution in [0.4, 0.5) is 18.3 Å². The van der Waals surface area contributed by atoms with Gasteiger partial charge in [0.15, 0.2) is 0 Å². The van der Waals surface area contributed by atoms with Gasteiger partial charge in [0, 0.05) is 11.4 Å². The van der Waals surface area contributed by atoms with Gasteiger partial charge < -0.3 is 5.32 Å². The lowest BCUT2D eigenvalue weighted by Crippen LogP contribution is -2.34. The second-order valence-electron chi connectivity index (χ2n) is 3.89. The molecular weight excluding hydrogens is 275 g/mol. The molecule has 0 radical (unpaired) electrons. The molecule has 0 aromatic carbocycles. The number of aromatic nitrogens is 2. The highest BCUT2D eigenvalue weighted by atomic mass is 35.5. The number of nitrogens with zero attached hydrogens (tertiary/aromatic N) is 2. The van der Waals surface area contributed by atoms with Gasteiger partial charge in [-0.05, 0) is 19.8 Å². The minimum absolute atomic E-state index is 0.173. The van der Waals surface area contributed by atoms with Crippen molar-refractivity contribution in [3.63, 3.8) is 0 Å². The van der Waals surface area contributed by atoms with E-state index in [9.17, 15) is 13.2 Å². The molecule has 98 valence electrons. The molecule has 3 nitrogen and oxygen atoms in total. The summed E-state index contributed by atoms with van der Waals surface area (Å²) >= 11 is 6.16. The Morgan fingerprint density at radius 3 is 2.41 bits per heavy atom. The zero-order chi connectivity index (χ0) is 13.1. The Kier molecular flexibility index (Phi) is 4.60. The minimum Gasteiger partial charge on any atom is -0.355 e. The Hall–Kier alpha value is -0.560. The summed E-state index contributed by atoms with van der Waals surface area (Å²) in [5.74, 6) is 0.433. The van der Waals surface area contributed by atoms with E-state index in [-0.39, 0.29) is 10.7 Å². The SMILES string of the molecule is CCC(C)(CCCl)Nc1nnc(C(F)(F)F)s1. The van der Waals surface area contributed by atoms with E-state index < -0.39 is 11.2 Å². The van der Waals surface area contributed by atoms with E-state index in [1.807, 2.05) is 13.8 Å². The van der Waals surface area contributed by atoms with E-state index in [0.29, 0.717) is 23.6 Å². The number of hydrogen-bond donors (Lipinski definition) is 1. The molecule has 0 aliphatic carbocycles. The maximum absolute atomic E-state index is 12.3. The molecule has 0 saturated carbocycles. The average Bonchev–Trinajstić information content (AvgIpc) is 2.66. The molecule has 1 unspecified atom stereocenters. The van der Waals surface area contributed by atoms with Gasteiger partial charge in [0.25, 0.3) is 0 Å². The number of hydrogen-bond acceptors (Lipinski definition) is 4. The lowest BCUT2D eigenvalue weighted by molar-refractivity contribution is -0.138. The van der Waals surface area contributed by atoms with E-state index >= 15 is 0 Å². The number of halogens is 4. The highest BCUT2D eigenvalue weighted by Crippen LogP contribution is 2.34. The van der Waals surface area contributed by atoms with Crippen LogP contribution in [-0.2, 0) is 6.18 Å². The van der Waals surface area contributed by atoms with Crippen molar-refractivity contribution in [2.45, 2.75) is 38.4 Å². The van der Waals surface area contributed by atoms with Crippen molar-refractivity contribution in [1.29, 1.82) is 0 Å². The van der Waals surface area contributed by atoms with Crippen LogP contribution < -0.4 is 5.32 Å². The Morgan fingerprint density at radius 1 is 1.35 bits per heavy atom. The fourth-order valence-corrected chi connectivity index (χ4v) is 2.36. The first kappa shape index (κ1) is 14.5. The fraction of sp³-hybridized carbons (Fsp3) is 0.778. The maximum Gasteiger partial charge on any atom is 0.445 e. The predicted molar refractivity (Wildman–Crippen MR) is 62.6 cm³/mol. The van der Waals surface area contributed by atoms with E-state index in [4.69, 9.17) is 11.6 Å². The molecule has 1 atom stereocenters. The predicted octanol–water partition coefficient (Wildman–Crippen LogP) is 3.77. The summed E-state index contributed by atoms with van der Waals surface area (Å²) in [6.45, 7) is 3.83. The molecule has 0 spiro atoms. The number of anilines is 1. The first-order chi connectivity index (χ1) is 7.80. The monoisotopic (exact) mass is 287 g/mol. The van der Waals surface area contributed by atoms with Crippen LogP contribution in [0.15, 0.2) is 0 Å². The van der Waals surface area contributed by atoms with Crippen molar-refractivity contribution in [2.24, 2.45) is 0 Å². The summed E-state index contributed by atoms with van der Waals surface area (Å²) < 4.78 is 37.0. The van der Waals surface area contributed by atoms with Crippen molar-refractivity contribution in [2.75, 3.05) is 11.2 Å². The third-order valence-corrected chi connectivity index (χ3v) is 3.58. The van der Waals surface area contributed by atoms with Gasteiger partial charge in [-0.15, -0.1) is 21.8 Å². The second kappa shape index (κ2) is 5.39. The summed E-state index contributed by atoms with van der Waals surface area (Å²) in [7, 11) is 0. The van der Waals surface area contributed by atoms with Crippen molar-refractivity contribution in [3.8, 4) is 0 Å². The van der Waals surface area contributed by atoms with Crippen LogP contribution in [0, 0.1) is 0 Å². The van der Waals surface area contributed by atoms with E-state index in [1.165, 1.54) is 0 Å². The topological polar surface area (TPSA) is 37.8 Å². The Bertz CT molecular complexity index is 369. The van der Waals surface area contributed by atoms with Crippen LogP contribution in [0.3, 0.4) is 0 Å². The Labute approximate surface area is 106 Å². The van der Waals surface area contributed by atoms with Gasteiger partial charge in [0.2, 0.25) is 10.1 Å². The smallest absolute Gasteiger partial charge is 0.355 e. The molecule has 0 amide bonds. The largest absolute Gasteiger partial charge is 0.445 e. The average molecular weight is 288 g/mol. The summed E-state index contributed by atoms with van der Waals surface area (Å²) in [4.78, 5) is 0. The molecule has 17 heavy (non-hydrogen) atoms. The van der Waals surface area contributed by atoms with Gasteiger partial charge in [-0.3, -0.25) is 0 Å². The maximum atomic E-state index is 12.3. The number of rotatable bonds is 5. The van der Waals surface area contributed by atoms with Gasteiger partial charge in [-0.25, -0.2) is 0 Å². The summed E-state index contributed by atoms with van der Waals surface area (Å²) in [5, 5.41) is 8.80. The molecule has 1 aromatic heterocycles. The molecule has 0 bridgehead atoms. The molecule has 0 aliphatic rings. The number of nitrogens with one attached hydrogen (secondary N) is 1. The highest BCUT2D eigenvalue weighted by molar-refractivity contribution is 7.15. The molecule has 0 saturated heterocycles. The standard InChI is InChI=1S/C9H13ClF3N3S/c1-3-8(2,4-5-10)14-7-16-15-6(17-7)9(11,12)13/h3-5H2,1-2H3,(H,14,16). The van der Waals surface area contributed by atoms with E-state index in [2.05, 4.69) is 15.5 Å². The molecule has 0 fully saturated rings. The Balaban J connectivity index is 2.78. The lowest BCUT2D eigenvalue weighted by Gasteiger charge is -2.28. The van der Waals surface area contributed by atoms with E-state index in [1.54, 1.807) is 0 Å². The molecule has 1 N–H and O–H groups in total. The van der Waals surface area contributed by atoms with Crippen molar-refractivity contribution >= 4 is 28.1 Å². The van der Waals surface area contributed by atoms with Crippen LogP contribution in [0.5, 0.6) is 0 Å². The first-order valence-electron chi connectivity index (χ1n) is 5.05. The van der Waals surface area contributed by atoms with Gasteiger partial charge >= 0.3 is 6.18 Å². The minimum atomic E-state index is -4.44. The third-order valence-electron chi connectivity index (χ3n) is 2.50. The Morgan fingerprint density at radius 2 is 2.00 bits per heavy atom. The van der Waals surface area contributed by atoms with Crippen molar-refractivity contribution in [3.05, 3.63) is 5.01 Å². The van der Waals surface area contributed by atoms with E-state index in [0.717, 1.165) is 6.42 Å². The number of alkyl halides is 4. The fourth-order valence-electron chi connectivity index (χ4n) is 1.18. The summed E-state index contributed by atoms with van der Waals surface area (Å²) in [6.07, 6.45) is -3.06. The van der Waals surface area contributed by atoms with Crippen LogP contribution in [0.2, 0.25) is 0 Å². The van der Waals surface area contributed by atoms with Crippen LogP contribution in [0.25, 0.3) is 0 Å². The van der Waals surface area contributed by atoms with Crippen molar-refractivity contribution < 1.29 is 13.2 Å². The zero-order valence-electron chi connectivity index (χ0n) is 9.44. The second-order valence-corrected chi connectivity index (χ2v) is 5.24. The van der Waals surface area contributed by atoms with Crippen molar-refractivity contribution in [1.82, 2.24) is 10.2 Å². The van der Waals surface area contributed by atoms with Gasteiger partial charge in [0.05, 0.1) is 0 Å². The van der Waals surface area contributed by atoms with Gasteiger partial charge in [-0.1, -0.05) is 18.3 Å². The molecule has 1 rings (SSSR count). The molecule has 1 aromatic rings. The quantitative estimate of drug-likeness (QED) is 0.838. The first-order valence-corrected chi connectivity index (χ1v) is 6.40. The summed E-state index contributed by atoms with van der Waals surface area (Å²) in [5.41, 5.74) is -0.357. The third kappa shape index (κ3) is 3.99. The summed E-state index contributed by atoms with van der Waals surface area (Å²) in [6, 6.07) is 0. The van der Waals surface area contributed by atoms with Crippen LogP contribution >= 0.6 is 22.9 Å².